The molecule has 27 heavy (non-hydrogen) atoms. The molecule has 2 aromatic carbocycles. The van der Waals surface area contributed by atoms with Gasteiger partial charge in [0.25, 0.3) is 5.91 Å². The van der Waals surface area contributed by atoms with Crippen LogP contribution in [-0.4, -0.2) is 23.6 Å². The molecule has 0 saturated heterocycles. The van der Waals surface area contributed by atoms with Crippen LogP contribution in [0.25, 0.3) is 0 Å². The molecule has 1 aliphatic rings. The van der Waals surface area contributed by atoms with Gasteiger partial charge in [0.15, 0.2) is 0 Å². The topological polar surface area (TPSA) is 112 Å². The predicted molar refractivity (Wildman–Crippen MR) is 102 cm³/mol. The van der Waals surface area contributed by atoms with Gasteiger partial charge in [-0.2, -0.15) is 10.4 Å². The highest BCUT2D eigenvalue weighted by Crippen LogP contribution is 2.24. The molecule has 2 amide bonds. The van der Waals surface area contributed by atoms with Gasteiger partial charge >= 0.3 is 0 Å². The van der Waals surface area contributed by atoms with Crippen LogP contribution in [0, 0.1) is 11.3 Å². The van der Waals surface area contributed by atoms with Crippen molar-refractivity contribution >= 4 is 23.2 Å². The molecule has 0 radical (unpaired) electrons. The number of amides is 2. The highest BCUT2D eigenvalue weighted by Gasteiger charge is 2.35. The Morgan fingerprint density at radius 2 is 1.89 bits per heavy atom. The Balaban J connectivity index is 1.75. The molecule has 0 spiro atoms. The Morgan fingerprint density at radius 3 is 2.48 bits per heavy atom. The largest absolute Gasteiger partial charge is 0.368 e. The summed E-state index contributed by atoms with van der Waals surface area (Å²) in [7, 11) is 0. The number of para-hydroxylation sites is 1. The number of carbonyl (C=O) groups is 2. The molecule has 1 aliphatic heterocycles. The molecule has 0 fully saturated rings. The van der Waals surface area contributed by atoms with Crippen LogP contribution in [0.3, 0.4) is 0 Å². The summed E-state index contributed by atoms with van der Waals surface area (Å²) in [4.78, 5) is 24.4. The Hall–Kier alpha value is -3.66. The number of hydrazone groups is 1. The maximum atomic E-state index is 12.6. The quantitative estimate of drug-likeness (QED) is 0.846. The summed E-state index contributed by atoms with van der Waals surface area (Å²) in [5.41, 5.74) is 7.87. The van der Waals surface area contributed by atoms with E-state index < -0.39 is 11.9 Å². The number of nitrogens with one attached hydrogen (secondary N) is 1. The van der Waals surface area contributed by atoms with E-state index in [9.17, 15) is 9.59 Å². The highest BCUT2D eigenvalue weighted by molar-refractivity contribution is 6.40. The van der Waals surface area contributed by atoms with Crippen molar-refractivity contribution < 1.29 is 9.59 Å². The third-order valence-corrected chi connectivity index (χ3v) is 4.41. The van der Waals surface area contributed by atoms with Gasteiger partial charge < -0.3 is 11.1 Å². The number of carbonyl (C=O) groups excluding carboxylic acids is 2. The van der Waals surface area contributed by atoms with Crippen molar-refractivity contribution in [3.8, 4) is 6.07 Å². The zero-order valence-electron chi connectivity index (χ0n) is 14.8. The minimum atomic E-state index is -0.696. The summed E-state index contributed by atoms with van der Waals surface area (Å²) in [6.07, 6.45) is 0.149. The second kappa shape index (κ2) is 7.70. The second-order valence-electron chi connectivity index (χ2n) is 6.28. The normalized spacial score (nSPS) is 17.0. The van der Waals surface area contributed by atoms with Crippen LogP contribution in [0.15, 0.2) is 59.7 Å². The fraction of sp³-hybridized carbons (Fsp3) is 0.200. The molecule has 0 aromatic heterocycles. The molecule has 0 bridgehead atoms. The highest BCUT2D eigenvalue weighted by atomic mass is 16.2. The summed E-state index contributed by atoms with van der Waals surface area (Å²) in [6.45, 7) is 1.84. The molecule has 0 aliphatic carbocycles. The van der Waals surface area contributed by atoms with E-state index in [-0.39, 0.29) is 24.1 Å². The van der Waals surface area contributed by atoms with Crippen molar-refractivity contribution in [1.82, 2.24) is 5.32 Å². The molecule has 2 unspecified atom stereocenters. The monoisotopic (exact) mass is 361 g/mol. The predicted octanol–water partition coefficient (Wildman–Crippen LogP) is 1.86. The molecule has 7 heteroatoms. The Morgan fingerprint density at radius 1 is 1.22 bits per heavy atom. The van der Waals surface area contributed by atoms with Crippen molar-refractivity contribution in [2.75, 3.05) is 5.01 Å². The number of anilines is 1. The second-order valence-corrected chi connectivity index (χ2v) is 6.28. The van der Waals surface area contributed by atoms with E-state index in [1.54, 1.807) is 36.4 Å². The summed E-state index contributed by atoms with van der Waals surface area (Å²) < 4.78 is 0. The molecular formula is C20H19N5O2. The van der Waals surface area contributed by atoms with Crippen LogP contribution in [-0.2, 0) is 9.59 Å². The minimum absolute atomic E-state index is 0.149. The van der Waals surface area contributed by atoms with Crippen LogP contribution in [0.5, 0.6) is 0 Å². The summed E-state index contributed by atoms with van der Waals surface area (Å²) in [6, 6.07) is 17.2. The maximum absolute atomic E-state index is 12.6. The number of nitrogens with two attached hydrogens (primary N) is 1. The van der Waals surface area contributed by atoms with Crippen LogP contribution in [0.2, 0.25) is 0 Å². The molecule has 3 rings (SSSR count). The Labute approximate surface area is 157 Å². The van der Waals surface area contributed by atoms with Crippen molar-refractivity contribution in [2.45, 2.75) is 25.4 Å². The van der Waals surface area contributed by atoms with Gasteiger partial charge in [0.2, 0.25) is 5.91 Å². The van der Waals surface area contributed by atoms with E-state index in [0.29, 0.717) is 11.3 Å². The number of nitriles is 1. The third kappa shape index (κ3) is 3.96. The van der Waals surface area contributed by atoms with Crippen LogP contribution in [0.4, 0.5) is 5.69 Å². The standard InChI is InChI=1S/C20H19N5O2/c1-13(15-9-7-14(12-21)8-10-15)23-20(27)17-11-18(19(22)26)25(24-17)16-5-3-2-4-6-16/h2-10,13,18H,11H2,1H3,(H2,22,26)(H,23,27). The maximum Gasteiger partial charge on any atom is 0.268 e. The van der Waals surface area contributed by atoms with Crippen LogP contribution < -0.4 is 16.1 Å². The van der Waals surface area contributed by atoms with Gasteiger partial charge in [-0.15, -0.1) is 0 Å². The SMILES string of the molecule is CC(NC(=O)C1=NN(c2ccccc2)C(C(N)=O)C1)c1ccc(C#N)cc1. The van der Waals surface area contributed by atoms with Crippen molar-refractivity contribution in [1.29, 1.82) is 5.26 Å². The lowest BCUT2D eigenvalue weighted by molar-refractivity contribution is -0.119. The fourth-order valence-corrected chi connectivity index (χ4v) is 2.90. The Bertz CT molecular complexity index is 916. The van der Waals surface area contributed by atoms with Crippen molar-refractivity contribution in [3.05, 3.63) is 65.7 Å². The number of primary amides is 1. The van der Waals surface area contributed by atoms with Gasteiger partial charge in [-0.3, -0.25) is 14.6 Å². The smallest absolute Gasteiger partial charge is 0.268 e. The lowest BCUT2D eigenvalue weighted by atomic mass is 10.1. The molecule has 2 aromatic rings. The molecule has 3 N–H and O–H groups in total. The summed E-state index contributed by atoms with van der Waals surface area (Å²) in [5.74, 6) is -0.887. The van der Waals surface area contributed by atoms with Crippen LogP contribution in [0.1, 0.15) is 30.5 Å². The minimum Gasteiger partial charge on any atom is -0.368 e. The summed E-state index contributed by atoms with van der Waals surface area (Å²) in [5, 5.41) is 17.6. The van der Waals surface area contributed by atoms with Gasteiger partial charge in [-0.1, -0.05) is 30.3 Å². The first-order valence-electron chi connectivity index (χ1n) is 8.51. The average molecular weight is 361 g/mol. The van der Waals surface area contributed by atoms with Gasteiger partial charge in [-0.05, 0) is 36.8 Å². The van der Waals surface area contributed by atoms with Gasteiger partial charge in [0.1, 0.15) is 11.8 Å². The number of hydrogen-bond acceptors (Lipinski definition) is 5. The molecule has 136 valence electrons. The van der Waals surface area contributed by atoms with Gasteiger partial charge in [0.05, 0.1) is 23.4 Å². The lowest BCUT2D eigenvalue weighted by Gasteiger charge is -2.20. The fourth-order valence-electron chi connectivity index (χ4n) is 2.90. The van der Waals surface area contributed by atoms with E-state index in [4.69, 9.17) is 11.0 Å². The zero-order valence-corrected chi connectivity index (χ0v) is 14.8. The number of nitrogens with zero attached hydrogens (tertiary/aromatic N) is 3. The van der Waals surface area contributed by atoms with E-state index >= 15 is 0 Å². The third-order valence-electron chi connectivity index (χ3n) is 4.41. The molecular weight excluding hydrogens is 342 g/mol. The average Bonchev–Trinajstić information content (AvgIpc) is 3.14. The molecule has 7 nitrogen and oxygen atoms in total. The number of rotatable bonds is 5. The molecule has 2 atom stereocenters. The van der Waals surface area contributed by atoms with E-state index in [1.807, 2.05) is 25.1 Å². The van der Waals surface area contributed by atoms with E-state index in [0.717, 1.165) is 5.56 Å². The van der Waals surface area contributed by atoms with E-state index in [1.165, 1.54) is 5.01 Å². The Kier molecular flexibility index (Phi) is 5.18. The van der Waals surface area contributed by atoms with Crippen molar-refractivity contribution in [2.24, 2.45) is 10.8 Å². The zero-order chi connectivity index (χ0) is 19.4. The number of hydrogen-bond donors (Lipinski definition) is 2. The number of benzene rings is 2. The first-order chi connectivity index (χ1) is 13.0. The lowest BCUT2D eigenvalue weighted by Crippen LogP contribution is -2.40. The molecule has 1 heterocycles. The van der Waals surface area contributed by atoms with Crippen LogP contribution >= 0.6 is 0 Å². The first kappa shape index (κ1) is 18.1. The van der Waals surface area contributed by atoms with E-state index in [2.05, 4.69) is 16.5 Å². The van der Waals surface area contributed by atoms with Gasteiger partial charge in [-0.25, -0.2) is 0 Å². The van der Waals surface area contributed by atoms with Crippen molar-refractivity contribution in [3.63, 3.8) is 0 Å². The summed E-state index contributed by atoms with van der Waals surface area (Å²) >= 11 is 0. The first-order valence-corrected chi connectivity index (χ1v) is 8.51. The molecule has 0 saturated carbocycles. The van der Waals surface area contributed by atoms with Gasteiger partial charge in [0, 0.05) is 6.42 Å².